The van der Waals surface area contributed by atoms with Gasteiger partial charge in [-0.25, -0.2) is 0 Å². The van der Waals surface area contributed by atoms with E-state index < -0.39 is 0 Å². The van der Waals surface area contributed by atoms with Crippen LogP contribution in [0.1, 0.15) is 38.5 Å². The topological polar surface area (TPSA) is 61.4 Å². The molecule has 2 aliphatic heterocycles. The SMILES string of the molecule is CNC(=O)C1CCN(C(=O)[C@@]23CCCC[C@H]2CNC3)CC1.Cl. The molecule has 2 N–H and O–H groups in total. The van der Waals surface area contributed by atoms with Crippen LogP contribution < -0.4 is 10.6 Å². The minimum absolute atomic E-state index is 0. The number of carbonyl (C=O) groups is 2. The van der Waals surface area contributed by atoms with Crippen LogP contribution in [0.15, 0.2) is 0 Å². The summed E-state index contributed by atoms with van der Waals surface area (Å²) in [4.78, 5) is 26.8. The number of likely N-dealkylation sites (tertiary alicyclic amines) is 1. The number of carbonyl (C=O) groups excluding carboxylic acids is 2. The molecule has 22 heavy (non-hydrogen) atoms. The van der Waals surface area contributed by atoms with Gasteiger partial charge in [0.2, 0.25) is 11.8 Å². The van der Waals surface area contributed by atoms with E-state index in [1.54, 1.807) is 7.05 Å². The molecule has 6 heteroatoms. The highest BCUT2D eigenvalue weighted by Crippen LogP contribution is 2.45. The van der Waals surface area contributed by atoms with Crippen molar-refractivity contribution in [3.63, 3.8) is 0 Å². The van der Waals surface area contributed by atoms with Crippen LogP contribution in [0, 0.1) is 17.3 Å². The van der Waals surface area contributed by atoms with Crippen LogP contribution in [0.5, 0.6) is 0 Å². The van der Waals surface area contributed by atoms with Crippen molar-refractivity contribution in [2.24, 2.45) is 17.3 Å². The van der Waals surface area contributed by atoms with Crippen molar-refractivity contribution in [1.29, 1.82) is 0 Å². The van der Waals surface area contributed by atoms with E-state index in [1.807, 2.05) is 4.90 Å². The summed E-state index contributed by atoms with van der Waals surface area (Å²) in [5.41, 5.74) is -0.141. The molecule has 2 atom stereocenters. The molecule has 1 saturated carbocycles. The third kappa shape index (κ3) is 2.98. The highest BCUT2D eigenvalue weighted by atomic mass is 35.5. The molecule has 2 amide bonds. The van der Waals surface area contributed by atoms with Crippen molar-refractivity contribution < 1.29 is 9.59 Å². The minimum atomic E-state index is -0.141. The summed E-state index contributed by atoms with van der Waals surface area (Å²) in [6.45, 7) is 3.34. The van der Waals surface area contributed by atoms with Crippen molar-refractivity contribution >= 4 is 24.2 Å². The van der Waals surface area contributed by atoms with Crippen LogP contribution in [-0.2, 0) is 9.59 Å². The fourth-order valence-electron chi connectivity index (χ4n) is 4.53. The van der Waals surface area contributed by atoms with Gasteiger partial charge < -0.3 is 15.5 Å². The zero-order valence-corrected chi connectivity index (χ0v) is 14.2. The Hall–Kier alpha value is -0.810. The molecule has 3 fully saturated rings. The zero-order valence-electron chi connectivity index (χ0n) is 13.4. The maximum atomic E-state index is 13.1. The summed E-state index contributed by atoms with van der Waals surface area (Å²) in [5.74, 6) is 1.08. The second-order valence-corrected chi connectivity index (χ2v) is 6.91. The maximum Gasteiger partial charge on any atom is 0.230 e. The van der Waals surface area contributed by atoms with Gasteiger partial charge in [-0.2, -0.15) is 0 Å². The molecule has 1 aliphatic carbocycles. The molecule has 0 radical (unpaired) electrons. The Morgan fingerprint density at radius 1 is 1.18 bits per heavy atom. The average molecular weight is 330 g/mol. The molecule has 126 valence electrons. The van der Waals surface area contributed by atoms with E-state index >= 15 is 0 Å². The predicted octanol–water partition coefficient (Wildman–Crippen LogP) is 1.17. The van der Waals surface area contributed by atoms with E-state index in [0.717, 1.165) is 45.4 Å². The molecule has 0 aromatic rings. The highest BCUT2D eigenvalue weighted by Gasteiger charge is 2.51. The van der Waals surface area contributed by atoms with E-state index in [1.165, 1.54) is 19.3 Å². The monoisotopic (exact) mass is 329 g/mol. The second kappa shape index (κ2) is 7.18. The lowest BCUT2D eigenvalue weighted by Gasteiger charge is -2.42. The minimum Gasteiger partial charge on any atom is -0.359 e. The third-order valence-electron chi connectivity index (χ3n) is 5.86. The molecule has 0 aromatic carbocycles. The van der Waals surface area contributed by atoms with Crippen LogP contribution in [0.2, 0.25) is 0 Å². The van der Waals surface area contributed by atoms with Crippen LogP contribution in [0.3, 0.4) is 0 Å². The van der Waals surface area contributed by atoms with E-state index in [9.17, 15) is 9.59 Å². The van der Waals surface area contributed by atoms with Gasteiger partial charge in [-0.05, 0) is 38.1 Å². The Balaban J connectivity index is 0.00000176. The van der Waals surface area contributed by atoms with Crippen molar-refractivity contribution in [1.82, 2.24) is 15.5 Å². The van der Waals surface area contributed by atoms with Crippen molar-refractivity contribution in [2.45, 2.75) is 38.5 Å². The Morgan fingerprint density at radius 2 is 1.91 bits per heavy atom. The molecular weight excluding hydrogens is 302 g/mol. The number of hydrogen-bond donors (Lipinski definition) is 2. The fourth-order valence-corrected chi connectivity index (χ4v) is 4.53. The van der Waals surface area contributed by atoms with Gasteiger partial charge in [-0.1, -0.05) is 12.8 Å². The van der Waals surface area contributed by atoms with Gasteiger partial charge in [0.1, 0.15) is 0 Å². The number of nitrogens with zero attached hydrogens (tertiary/aromatic N) is 1. The lowest BCUT2D eigenvalue weighted by molar-refractivity contribution is -0.148. The van der Waals surface area contributed by atoms with Gasteiger partial charge in [0, 0.05) is 32.6 Å². The Bertz CT molecular complexity index is 424. The summed E-state index contributed by atoms with van der Waals surface area (Å²) >= 11 is 0. The summed E-state index contributed by atoms with van der Waals surface area (Å²) in [6, 6.07) is 0. The van der Waals surface area contributed by atoms with Gasteiger partial charge in [-0.3, -0.25) is 9.59 Å². The van der Waals surface area contributed by atoms with Gasteiger partial charge in [0.15, 0.2) is 0 Å². The molecule has 3 aliphatic rings. The van der Waals surface area contributed by atoms with Gasteiger partial charge in [0.05, 0.1) is 5.41 Å². The number of nitrogens with one attached hydrogen (secondary N) is 2. The van der Waals surface area contributed by atoms with Crippen LogP contribution in [0.25, 0.3) is 0 Å². The average Bonchev–Trinajstić information content (AvgIpc) is 2.98. The Labute approximate surface area is 139 Å². The lowest BCUT2D eigenvalue weighted by atomic mass is 9.67. The van der Waals surface area contributed by atoms with Crippen LogP contribution >= 0.6 is 12.4 Å². The van der Waals surface area contributed by atoms with Crippen molar-refractivity contribution in [3.8, 4) is 0 Å². The molecule has 0 bridgehead atoms. The first-order valence-corrected chi connectivity index (χ1v) is 8.39. The molecule has 2 saturated heterocycles. The van der Waals surface area contributed by atoms with E-state index in [2.05, 4.69) is 10.6 Å². The standard InChI is InChI=1S/C16H27N3O2.ClH/c1-17-14(20)12-5-8-19(9-6-12)15(21)16-7-3-2-4-13(16)10-18-11-16;/h12-13,18H,2-11H2,1H3,(H,17,20);1H/t13-,16+;/m0./s1. The Morgan fingerprint density at radius 3 is 2.59 bits per heavy atom. The van der Waals surface area contributed by atoms with Gasteiger partial charge >= 0.3 is 0 Å². The largest absolute Gasteiger partial charge is 0.359 e. The quantitative estimate of drug-likeness (QED) is 0.799. The first kappa shape index (κ1) is 17.5. The van der Waals surface area contributed by atoms with Gasteiger partial charge in [-0.15, -0.1) is 12.4 Å². The second-order valence-electron chi connectivity index (χ2n) is 6.91. The number of halogens is 1. The molecule has 3 rings (SSSR count). The predicted molar refractivity (Wildman–Crippen MR) is 87.9 cm³/mol. The first-order valence-electron chi connectivity index (χ1n) is 8.39. The van der Waals surface area contributed by atoms with Gasteiger partial charge in [0.25, 0.3) is 0 Å². The molecule has 2 heterocycles. The Kier molecular flexibility index (Phi) is 5.72. The number of fused-ring (bicyclic) bond motifs is 1. The molecule has 0 spiro atoms. The number of rotatable bonds is 2. The fraction of sp³-hybridized carbons (Fsp3) is 0.875. The summed E-state index contributed by atoms with van der Waals surface area (Å²) in [6.07, 6.45) is 6.28. The van der Waals surface area contributed by atoms with Crippen LogP contribution in [0.4, 0.5) is 0 Å². The highest BCUT2D eigenvalue weighted by molar-refractivity contribution is 5.85. The van der Waals surface area contributed by atoms with E-state index in [0.29, 0.717) is 11.8 Å². The summed E-state index contributed by atoms with van der Waals surface area (Å²) in [7, 11) is 1.69. The first-order chi connectivity index (χ1) is 10.2. The van der Waals surface area contributed by atoms with E-state index in [-0.39, 0.29) is 29.6 Å². The van der Waals surface area contributed by atoms with Crippen molar-refractivity contribution in [2.75, 3.05) is 33.2 Å². The molecular formula is C16H28ClN3O2. The molecule has 0 aromatic heterocycles. The maximum absolute atomic E-state index is 13.1. The summed E-state index contributed by atoms with van der Waals surface area (Å²) < 4.78 is 0. The van der Waals surface area contributed by atoms with Crippen molar-refractivity contribution in [3.05, 3.63) is 0 Å². The lowest BCUT2D eigenvalue weighted by Crippen LogP contribution is -2.52. The number of hydrogen-bond acceptors (Lipinski definition) is 3. The number of amides is 2. The summed E-state index contributed by atoms with van der Waals surface area (Å²) in [5, 5.41) is 6.18. The zero-order chi connectivity index (χ0) is 14.9. The normalized spacial score (nSPS) is 32.0. The third-order valence-corrected chi connectivity index (χ3v) is 5.86. The number of piperidine rings is 1. The molecule has 5 nitrogen and oxygen atoms in total. The smallest absolute Gasteiger partial charge is 0.230 e. The molecule has 0 unspecified atom stereocenters. The van der Waals surface area contributed by atoms with E-state index in [4.69, 9.17) is 0 Å². The van der Waals surface area contributed by atoms with Crippen LogP contribution in [-0.4, -0.2) is 49.9 Å².